The second-order valence-electron chi connectivity index (χ2n) is 6.09. The van der Waals surface area contributed by atoms with E-state index in [9.17, 15) is 4.79 Å². The number of morpholine rings is 1. The molecule has 0 atom stereocenters. The molecule has 3 rings (SSSR count). The predicted octanol–water partition coefficient (Wildman–Crippen LogP) is 2.67. The number of nitrogens with one attached hydrogen (secondary N) is 1. The van der Waals surface area contributed by atoms with Gasteiger partial charge in [-0.1, -0.05) is 42.5 Å². The number of hydrogen-bond acceptors (Lipinski definition) is 4. The average Bonchev–Trinajstić information content (AvgIpc) is 2.68. The lowest BCUT2D eigenvalue weighted by molar-refractivity contribution is 0.0342. The van der Waals surface area contributed by atoms with Gasteiger partial charge < -0.3 is 4.74 Å². The largest absolute Gasteiger partial charge is 0.379 e. The van der Waals surface area contributed by atoms with Gasteiger partial charge in [-0.15, -0.1) is 0 Å². The molecular formula is C20H23N3O2. The highest BCUT2D eigenvalue weighted by Crippen LogP contribution is 2.09. The molecule has 2 aromatic rings. The highest BCUT2D eigenvalue weighted by atomic mass is 16.5. The van der Waals surface area contributed by atoms with Crippen molar-refractivity contribution >= 4 is 11.6 Å². The van der Waals surface area contributed by atoms with Gasteiger partial charge in [0, 0.05) is 25.2 Å². The maximum absolute atomic E-state index is 12.2. The molecule has 2 aromatic carbocycles. The third-order valence-electron chi connectivity index (χ3n) is 4.24. The zero-order valence-electron chi connectivity index (χ0n) is 14.4. The first-order valence-corrected chi connectivity index (χ1v) is 8.51. The molecule has 5 heteroatoms. The summed E-state index contributed by atoms with van der Waals surface area (Å²) in [6, 6.07) is 17.5. The van der Waals surface area contributed by atoms with Crippen LogP contribution in [0.2, 0.25) is 0 Å². The van der Waals surface area contributed by atoms with Gasteiger partial charge in [0.05, 0.1) is 18.9 Å². The minimum atomic E-state index is -0.201. The number of amides is 1. The summed E-state index contributed by atoms with van der Waals surface area (Å²) in [7, 11) is 0. The van der Waals surface area contributed by atoms with E-state index in [0.717, 1.165) is 44.1 Å². The number of nitrogens with zero attached hydrogens (tertiary/aromatic N) is 2. The van der Waals surface area contributed by atoms with E-state index in [1.165, 1.54) is 5.56 Å². The van der Waals surface area contributed by atoms with Crippen molar-refractivity contribution in [1.82, 2.24) is 10.3 Å². The maximum atomic E-state index is 12.2. The molecule has 25 heavy (non-hydrogen) atoms. The van der Waals surface area contributed by atoms with Gasteiger partial charge in [-0.05, 0) is 30.2 Å². The molecule has 0 spiro atoms. The van der Waals surface area contributed by atoms with Crippen molar-refractivity contribution in [2.75, 3.05) is 26.3 Å². The smallest absolute Gasteiger partial charge is 0.271 e. The summed E-state index contributed by atoms with van der Waals surface area (Å²) in [5.41, 5.74) is 6.19. The molecule has 0 bridgehead atoms. The number of carbonyl (C=O) groups is 1. The fraction of sp³-hybridized carbons (Fsp3) is 0.300. The monoisotopic (exact) mass is 337 g/mol. The van der Waals surface area contributed by atoms with Crippen molar-refractivity contribution in [3.8, 4) is 0 Å². The second kappa shape index (κ2) is 8.55. The van der Waals surface area contributed by atoms with Crippen LogP contribution in [0.1, 0.15) is 28.4 Å². The van der Waals surface area contributed by atoms with Crippen LogP contribution in [-0.2, 0) is 11.3 Å². The van der Waals surface area contributed by atoms with E-state index in [-0.39, 0.29) is 5.91 Å². The molecule has 0 radical (unpaired) electrons. The lowest BCUT2D eigenvalue weighted by Gasteiger charge is -2.26. The second-order valence-corrected chi connectivity index (χ2v) is 6.09. The van der Waals surface area contributed by atoms with Crippen molar-refractivity contribution in [3.63, 3.8) is 0 Å². The van der Waals surface area contributed by atoms with Gasteiger partial charge in [0.15, 0.2) is 0 Å². The first-order valence-electron chi connectivity index (χ1n) is 8.51. The molecule has 0 aliphatic carbocycles. The van der Waals surface area contributed by atoms with E-state index >= 15 is 0 Å². The summed E-state index contributed by atoms with van der Waals surface area (Å²) >= 11 is 0. The number of rotatable bonds is 5. The molecule has 1 N–H and O–H groups in total. The summed E-state index contributed by atoms with van der Waals surface area (Å²) in [5.74, 6) is -0.201. The molecular weight excluding hydrogens is 314 g/mol. The summed E-state index contributed by atoms with van der Waals surface area (Å²) in [4.78, 5) is 14.6. The number of benzene rings is 2. The summed E-state index contributed by atoms with van der Waals surface area (Å²) in [6.45, 7) is 6.25. The van der Waals surface area contributed by atoms with E-state index in [2.05, 4.69) is 15.4 Å². The molecule has 0 unspecified atom stereocenters. The zero-order valence-corrected chi connectivity index (χ0v) is 14.4. The van der Waals surface area contributed by atoms with Crippen LogP contribution in [0.4, 0.5) is 0 Å². The van der Waals surface area contributed by atoms with Crippen LogP contribution < -0.4 is 5.43 Å². The van der Waals surface area contributed by atoms with Crippen LogP contribution in [0, 0.1) is 0 Å². The first kappa shape index (κ1) is 17.3. The van der Waals surface area contributed by atoms with Crippen LogP contribution >= 0.6 is 0 Å². The average molecular weight is 337 g/mol. The van der Waals surface area contributed by atoms with E-state index in [0.29, 0.717) is 5.56 Å². The van der Waals surface area contributed by atoms with Crippen molar-refractivity contribution in [2.24, 2.45) is 5.10 Å². The molecule has 1 saturated heterocycles. The molecule has 1 aliphatic heterocycles. The Balaban J connectivity index is 1.57. The number of hydrogen-bond donors (Lipinski definition) is 1. The molecule has 0 saturated carbocycles. The van der Waals surface area contributed by atoms with Crippen molar-refractivity contribution in [2.45, 2.75) is 13.5 Å². The quantitative estimate of drug-likeness (QED) is 0.674. The fourth-order valence-corrected chi connectivity index (χ4v) is 2.72. The first-order chi connectivity index (χ1) is 12.2. The predicted molar refractivity (Wildman–Crippen MR) is 98.7 cm³/mol. The van der Waals surface area contributed by atoms with Crippen molar-refractivity contribution in [1.29, 1.82) is 0 Å². The Morgan fingerprint density at radius 3 is 2.40 bits per heavy atom. The lowest BCUT2D eigenvalue weighted by Crippen LogP contribution is -2.35. The third kappa shape index (κ3) is 4.98. The van der Waals surface area contributed by atoms with E-state index < -0.39 is 0 Å². The van der Waals surface area contributed by atoms with Crippen LogP contribution in [0.15, 0.2) is 59.7 Å². The van der Waals surface area contributed by atoms with Crippen molar-refractivity contribution < 1.29 is 9.53 Å². The van der Waals surface area contributed by atoms with E-state index in [1.54, 1.807) is 0 Å². The molecule has 130 valence electrons. The van der Waals surface area contributed by atoms with Gasteiger partial charge in [0.1, 0.15) is 0 Å². The van der Waals surface area contributed by atoms with Crippen molar-refractivity contribution in [3.05, 3.63) is 71.3 Å². The van der Waals surface area contributed by atoms with Crippen LogP contribution in [0.25, 0.3) is 0 Å². The topological polar surface area (TPSA) is 53.9 Å². The number of hydrazone groups is 1. The molecule has 1 heterocycles. The Labute approximate surface area is 148 Å². The molecule has 5 nitrogen and oxygen atoms in total. The molecule has 1 fully saturated rings. The van der Waals surface area contributed by atoms with Crippen LogP contribution in [0.3, 0.4) is 0 Å². The molecule has 1 aliphatic rings. The van der Waals surface area contributed by atoms with Gasteiger partial charge in [0.25, 0.3) is 5.91 Å². The number of ether oxygens (including phenoxy) is 1. The van der Waals surface area contributed by atoms with Gasteiger partial charge in [-0.25, -0.2) is 5.43 Å². The highest BCUT2D eigenvalue weighted by Gasteiger charge is 2.11. The maximum Gasteiger partial charge on any atom is 0.271 e. The minimum Gasteiger partial charge on any atom is -0.379 e. The third-order valence-corrected chi connectivity index (χ3v) is 4.24. The summed E-state index contributed by atoms with van der Waals surface area (Å²) < 4.78 is 5.36. The van der Waals surface area contributed by atoms with Gasteiger partial charge in [0.2, 0.25) is 0 Å². The van der Waals surface area contributed by atoms with Crippen LogP contribution in [-0.4, -0.2) is 42.8 Å². The normalized spacial score (nSPS) is 15.8. The Kier molecular flexibility index (Phi) is 5.93. The molecule has 1 amide bonds. The van der Waals surface area contributed by atoms with E-state index in [1.807, 2.05) is 61.5 Å². The van der Waals surface area contributed by atoms with Gasteiger partial charge in [-0.2, -0.15) is 5.10 Å². The Morgan fingerprint density at radius 1 is 1.04 bits per heavy atom. The Bertz CT molecular complexity index is 720. The Morgan fingerprint density at radius 2 is 1.72 bits per heavy atom. The van der Waals surface area contributed by atoms with E-state index in [4.69, 9.17) is 4.74 Å². The highest BCUT2D eigenvalue weighted by molar-refractivity contribution is 6.00. The summed E-state index contributed by atoms with van der Waals surface area (Å²) in [6.07, 6.45) is 0. The minimum absolute atomic E-state index is 0.201. The zero-order chi connectivity index (χ0) is 17.5. The fourth-order valence-electron chi connectivity index (χ4n) is 2.72. The van der Waals surface area contributed by atoms with Crippen LogP contribution in [0.5, 0.6) is 0 Å². The van der Waals surface area contributed by atoms with Gasteiger partial charge in [-0.3, -0.25) is 9.69 Å². The lowest BCUT2D eigenvalue weighted by atomic mass is 10.1. The SMILES string of the molecule is CC(=NNC(=O)c1ccc(CN2CCOCC2)cc1)c1ccccc1. The number of carbonyl (C=O) groups excluding carboxylic acids is 1. The Hall–Kier alpha value is -2.50. The molecule has 0 aromatic heterocycles. The van der Waals surface area contributed by atoms with Gasteiger partial charge >= 0.3 is 0 Å². The standard InChI is InChI=1S/C20H23N3O2/c1-16(18-5-3-2-4-6-18)21-22-20(24)19-9-7-17(8-10-19)15-23-11-13-25-14-12-23/h2-10H,11-15H2,1H3,(H,22,24). The summed E-state index contributed by atoms with van der Waals surface area (Å²) in [5, 5.41) is 4.18.